The molecular weight excluding hydrogens is 342 g/mol. The lowest BCUT2D eigenvalue weighted by Gasteiger charge is -2.05. The number of hydrogen-bond acceptors (Lipinski definition) is 3. The van der Waals surface area contributed by atoms with Crippen molar-refractivity contribution in [1.82, 2.24) is 14.5 Å². The second-order valence-corrected chi connectivity index (χ2v) is 6.35. The number of imidazole rings is 1. The van der Waals surface area contributed by atoms with E-state index >= 15 is 0 Å². The van der Waals surface area contributed by atoms with E-state index in [-0.39, 0.29) is 5.69 Å². The molecule has 0 atom stereocenters. The van der Waals surface area contributed by atoms with Gasteiger partial charge in [0.2, 0.25) is 0 Å². The third-order valence-corrected chi connectivity index (χ3v) is 4.24. The molecule has 0 spiro atoms. The largest absolute Gasteiger partial charge is 0.417 e. The van der Waals surface area contributed by atoms with Crippen molar-refractivity contribution >= 4 is 22.1 Å². The van der Waals surface area contributed by atoms with Crippen molar-refractivity contribution in [3.05, 3.63) is 68.6 Å². The third kappa shape index (κ3) is 4.22. The Kier molecular flexibility index (Phi) is 6.45. The van der Waals surface area contributed by atoms with Gasteiger partial charge in [0.15, 0.2) is 5.58 Å². The van der Waals surface area contributed by atoms with E-state index < -0.39 is 5.76 Å². The van der Waals surface area contributed by atoms with Gasteiger partial charge >= 0.3 is 11.4 Å². The maximum atomic E-state index is 11.4. The predicted molar refractivity (Wildman–Crippen MR) is 111 cm³/mol. The molecule has 0 saturated heterocycles. The number of nitrogens with zero attached hydrogens (tertiary/aromatic N) is 1. The molecule has 0 bridgehead atoms. The summed E-state index contributed by atoms with van der Waals surface area (Å²) >= 11 is 0. The molecule has 6 heteroatoms. The van der Waals surface area contributed by atoms with Crippen molar-refractivity contribution in [1.29, 1.82) is 0 Å². The Morgan fingerprint density at radius 2 is 1.67 bits per heavy atom. The van der Waals surface area contributed by atoms with Crippen LogP contribution in [0.1, 0.15) is 44.7 Å². The van der Waals surface area contributed by atoms with Gasteiger partial charge in [-0.05, 0) is 36.1 Å². The third-order valence-electron chi connectivity index (χ3n) is 4.24. The van der Waals surface area contributed by atoms with E-state index in [9.17, 15) is 9.59 Å². The number of aromatic nitrogens is 3. The summed E-state index contributed by atoms with van der Waals surface area (Å²) in [4.78, 5) is 27.6. The van der Waals surface area contributed by atoms with Crippen molar-refractivity contribution in [2.75, 3.05) is 0 Å². The van der Waals surface area contributed by atoms with Crippen LogP contribution in [-0.4, -0.2) is 14.5 Å². The summed E-state index contributed by atoms with van der Waals surface area (Å²) in [5, 5.41) is 0. The number of rotatable bonds is 1. The minimum atomic E-state index is -0.394. The van der Waals surface area contributed by atoms with Gasteiger partial charge in [0.05, 0.1) is 16.6 Å². The first-order chi connectivity index (χ1) is 12.9. The van der Waals surface area contributed by atoms with Crippen LogP contribution in [0.4, 0.5) is 0 Å². The van der Waals surface area contributed by atoms with E-state index in [4.69, 9.17) is 4.42 Å². The molecule has 0 radical (unpaired) electrons. The molecule has 0 amide bonds. The monoisotopic (exact) mass is 369 g/mol. The minimum Gasteiger partial charge on any atom is -0.408 e. The summed E-state index contributed by atoms with van der Waals surface area (Å²) in [6.07, 6.45) is 0. The highest BCUT2D eigenvalue weighted by Crippen LogP contribution is 2.22. The maximum Gasteiger partial charge on any atom is 0.417 e. The van der Waals surface area contributed by atoms with Crippen LogP contribution in [-0.2, 0) is 7.05 Å². The Bertz CT molecular complexity index is 1140. The molecule has 4 rings (SSSR count). The molecule has 2 aromatic heterocycles. The Hall–Kier alpha value is -3.02. The van der Waals surface area contributed by atoms with E-state index in [0.29, 0.717) is 11.5 Å². The van der Waals surface area contributed by atoms with Gasteiger partial charge in [0.25, 0.3) is 0 Å². The van der Waals surface area contributed by atoms with Crippen molar-refractivity contribution < 1.29 is 4.42 Å². The lowest BCUT2D eigenvalue weighted by atomic mass is 10.0. The van der Waals surface area contributed by atoms with Crippen molar-refractivity contribution in [3.63, 3.8) is 0 Å². The Morgan fingerprint density at radius 3 is 2.30 bits per heavy atom. The average Bonchev–Trinajstić information content (AvgIpc) is 3.17. The molecule has 27 heavy (non-hydrogen) atoms. The number of fused-ring (bicyclic) bond motifs is 2. The molecule has 0 aliphatic carbocycles. The second-order valence-electron chi connectivity index (χ2n) is 6.35. The van der Waals surface area contributed by atoms with E-state index in [1.165, 1.54) is 5.56 Å². The number of hydrogen-bond donors (Lipinski definition) is 2. The number of nitrogens with one attached hydrogen (secondary N) is 2. The smallest absolute Gasteiger partial charge is 0.408 e. The summed E-state index contributed by atoms with van der Waals surface area (Å²) in [6, 6.07) is 11.6. The summed E-state index contributed by atoms with van der Waals surface area (Å²) in [5.74, 6) is 0.0334. The van der Waals surface area contributed by atoms with E-state index in [1.54, 1.807) is 11.6 Å². The van der Waals surface area contributed by atoms with Gasteiger partial charge in [-0.2, -0.15) is 0 Å². The van der Waals surface area contributed by atoms with Crippen molar-refractivity contribution in [2.45, 2.75) is 40.5 Å². The van der Waals surface area contributed by atoms with Gasteiger partial charge < -0.3 is 9.40 Å². The maximum absolute atomic E-state index is 11.4. The summed E-state index contributed by atoms with van der Waals surface area (Å²) in [6.45, 7) is 10.2. The topological polar surface area (TPSA) is 83.8 Å². The van der Waals surface area contributed by atoms with Gasteiger partial charge in [-0.25, -0.2) is 9.59 Å². The average molecular weight is 369 g/mol. The first kappa shape index (κ1) is 20.3. The quantitative estimate of drug-likeness (QED) is 0.520. The lowest BCUT2D eigenvalue weighted by Crippen LogP contribution is -2.11. The molecule has 0 saturated carbocycles. The standard InChI is InChI=1S/C11H14N2O.C8H7NO2.C2H6/c1-7(2)8-5-4-6-9-10(8)12-11(14)13(9)3;1-5-3-2-4-6-7(5)11-8(10)9-6;1-2/h4-7H,1-3H3,(H,12,14);2-4H,1H3,(H,9,10);1-2H3. The Morgan fingerprint density at radius 1 is 1.00 bits per heavy atom. The van der Waals surface area contributed by atoms with Crippen molar-refractivity contribution in [2.24, 2.45) is 7.05 Å². The summed E-state index contributed by atoms with van der Waals surface area (Å²) < 4.78 is 6.53. The number of benzene rings is 2. The molecule has 2 aromatic carbocycles. The molecule has 0 fully saturated rings. The first-order valence-corrected chi connectivity index (χ1v) is 9.14. The van der Waals surface area contributed by atoms with E-state index in [1.807, 2.05) is 51.1 Å². The fourth-order valence-corrected chi connectivity index (χ4v) is 2.87. The zero-order valence-electron chi connectivity index (χ0n) is 16.7. The van der Waals surface area contributed by atoms with Crippen LogP contribution in [0, 0.1) is 6.92 Å². The molecule has 144 valence electrons. The van der Waals surface area contributed by atoms with Crippen molar-refractivity contribution in [3.8, 4) is 0 Å². The first-order valence-electron chi connectivity index (χ1n) is 9.14. The van der Waals surface area contributed by atoms with E-state index in [0.717, 1.165) is 22.1 Å². The lowest BCUT2D eigenvalue weighted by molar-refractivity contribution is 0.553. The van der Waals surface area contributed by atoms with Crippen LogP contribution >= 0.6 is 0 Å². The van der Waals surface area contributed by atoms with E-state index in [2.05, 4.69) is 29.9 Å². The highest BCUT2D eigenvalue weighted by molar-refractivity contribution is 5.79. The fraction of sp³-hybridized carbons (Fsp3) is 0.333. The van der Waals surface area contributed by atoms with Gasteiger partial charge in [-0.1, -0.05) is 52.0 Å². The number of aromatic amines is 2. The predicted octanol–water partition coefficient (Wildman–Crippen LogP) is 4.45. The van der Waals surface area contributed by atoms with Crippen LogP contribution in [0.25, 0.3) is 22.1 Å². The minimum absolute atomic E-state index is 0.0481. The number of H-pyrrole nitrogens is 2. The van der Waals surface area contributed by atoms with Gasteiger partial charge in [0, 0.05) is 7.05 Å². The molecule has 0 unspecified atom stereocenters. The number of oxazole rings is 1. The highest BCUT2D eigenvalue weighted by Gasteiger charge is 2.09. The highest BCUT2D eigenvalue weighted by atomic mass is 16.4. The Labute approximate surface area is 157 Å². The molecule has 2 heterocycles. The molecule has 4 aromatic rings. The zero-order valence-corrected chi connectivity index (χ0v) is 16.7. The van der Waals surface area contributed by atoms with Gasteiger partial charge in [-0.15, -0.1) is 0 Å². The van der Waals surface area contributed by atoms with Gasteiger partial charge in [-0.3, -0.25) is 9.55 Å². The van der Waals surface area contributed by atoms with Crippen LogP contribution in [0.2, 0.25) is 0 Å². The van der Waals surface area contributed by atoms with Gasteiger partial charge in [0.1, 0.15) is 0 Å². The van der Waals surface area contributed by atoms with Crippen LogP contribution in [0.15, 0.2) is 50.4 Å². The van der Waals surface area contributed by atoms with Crippen LogP contribution in [0.3, 0.4) is 0 Å². The summed E-state index contributed by atoms with van der Waals surface area (Å²) in [5.41, 5.74) is 5.47. The number of aryl methyl sites for hydroxylation is 2. The zero-order chi connectivity index (χ0) is 20.1. The molecule has 2 N–H and O–H groups in total. The Balaban J connectivity index is 0.000000181. The SMILES string of the molecule is CC.CC(C)c1cccc2c1[nH]c(=O)n2C.Cc1cccc2[nH]c(=O)oc12. The van der Waals surface area contributed by atoms with Crippen LogP contribution < -0.4 is 11.4 Å². The summed E-state index contributed by atoms with van der Waals surface area (Å²) in [7, 11) is 1.78. The molecule has 6 nitrogen and oxygen atoms in total. The normalized spacial score (nSPS) is 10.5. The fourth-order valence-electron chi connectivity index (χ4n) is 2.87. The molecular formula is C21H27N3O3. The second kappa shape index (κ2) is 8.58. The molecule has 0 aliphatic rings. The molecule has 0 aliphatic heterocycles. The number of para-hydroxylation sites is 2. The van der Waals surface area contributed by atoms with Crippen LogP contribution in [0.5, 0.6) is 0 Å².